The van der Waals surface area contributed by atoms with E-state index < -0.39 is 0 Å². The van der Waals surface area contributed by atoms with Gasteiger partial charge >= 0.3 is 0 Å². The van der Waals surface area contributed by atoms with Gasteiger partial charge in [0, 0.05) is 13.7 Å². The number of nitrogens with one attached hydrogen (secondary N) is 1. The van der Waals surface area contributed by atoms with Crippen molar-refractivity contribution >= 4 is 17.8 Å². The predicted molar refractivity (Wildman–Crippen MR) is 97.6 cm³/mol. The third kappa shape index (κ3) is 5.61. The fourth-order valence-electron chi connectivity index (χ4n) is 2.18. The van der Waals surface area contributed by atoms with Crippen molar-refractivity contribution in [1.29, 1.82) is 0 Å². The van der Waals surface area contributed by atoms with Gasteiger partial charge in [-0.1, -0.05) is 24.3 Å². The molecule has 0 radical (unpaired) electrons. The van der Waals surface area contributed by atoms with Gasteiger partial charge in [-0.25, -0.2) is 4.98 Å². The number of nitrogens with zero attached hydrogens (tertiary/aromatic N) is 1. The average Bonchev–Trinajstić information content (AvgIpc) is 2.61. The number of ether oxygens (including phenoxy) is 2. The number of nitrogens with two attached hydrogens (primary N) is 1. The van der Waals surface area contributed by atoms with Crippen molar-refractivity contribution in [3.05, 3.63) is 65.0 Å². The maximum Gasteiger partial charge on any atom is 0.255 e. The van der Waals surface area contributed by atoms with Gasteiger partial charge in [-0.05, 0) is 36.3 Å². The van der Waals surface area contributed by atoms with E-state index in [0.29, 0.717) is 31.0 Å². The highest BCUT2D eigenvalue weighted by Crippen LogP contribution is 2.11. The molecule has 1 amide bonds. The molecule has 0 spiro atoms. The summed E-state index contributed by atoms with van der Waals surface area (Å²) >= 11 is 0. The number of carbonyl (C=O) groups excluding carboxylic acids is 1. The van der Waals surface area contributed by atoms with Crippen molar-refractivity contribution in [2.75, 3.05) is 19.5 Å². The molecule has 0 unspecified atom stereocenters. The Morgan fingerprint density at radius 1 is 1.24 bits per heavy atom. The van der Waals surface area contributed by atoms with E-state index >= 15 is 0 Å². The number of benzene rings is 1. The molecule has 3 N–H and O–H groups in total. The third-order valence-corrected chi connectivity index (χ3v) is 3.48. The first kappa shape index (κ1) is 18.5. The third-order valence-electron chi connectivity index (χ3n) is 3.48. The summed E-state index contributed by atoms with van der Waals surface area (Å²) in [5.74, 6) is -0.0576. The largest absolute Gasteiger partial charge is 0.501 e. The zero-order valence-electron chi connectivity index (χ0n) is 14.5. The minimum absolute atomic E-state index is 0.198. The Morgan fingerprint density at radius 2 is 2.00 bits per heavy atom. The van der Waals surface area contributed by atoms with Crippen LogP contribution in [0.1, 0.15) is 34.1 Å². The summed E-state index contributed by atoms with van der Waals surface area (Å²) in [5, 5.41) is 2.85. The van der Waals surface area contributed by atoms with E-state index in [2.05, 4.69) is 10.3 Å². The molecule has 25 heavy (non-hydrogen) atoms. The topological polar surface area (TPSA) is 86.5 Å². The second-order valence-electron chi connectivity index (χ2n) is 5.35. The normalized spacial score (nSPS) is 10.8. The summed E-state index contributed by atoms with van der Waals surface area (Å²) in [7, 11) is 1.58. The van der Waals surface area contributed by atoms with Crippen LogP contribution in [0.5, 0.6) is 0 Å². The Bertz CT molecular complexity index is 727. The number of nitrogen functional groups attached to an aromatic ring is 1. The number of carbonyl (C=O) groups is 1. The van der Waals surface area contributed by atoms with E-state index in [4.69, 9.17) is 15.2 Å². The van der Waals surface area contributed by atoms with Gasteiger partial charge in [-0.15, -0.1) is 0 Å². The second-order valence-corrected chi connectivity index (χ2v) is 5.35. The fraction of sp³-hybridized carbons (Fsp3) is 0.263. The number of pyridine rings is 1. The molecule has 1 heterocycles. The summed E-state index contributed by atoms with van der Waals surface area (Å²) in [6.07, 6.45) is 3.56. The van der Waals surface area contributed by atoms with Gasteiger partial charge in [0.05, 0.1) is 30.7 Å². The van der Waals surface area contributed by atoms with Crippen LogP contribution in [0.4, 0.5) is 5.82 Å². The number of anilines is 1. The SMILES string of the molecule is CCO/C=C\c1ccc(CNC(=O)c2ccc(COC)nc2N)cc1. The molecule has 0 fully saturated rings. The monoisotopic (exact) mass is 341 g/mol. The highest BCUT2D eigenvalue weighted by Gasteiger charge is 2.11. The van der Waals surface area contributed by atoms with E-state index in [1.807, 2.05) is 37.3 Å². The quantitative estimate of drug-likeness (QED) is 0.721. The van der Waals surface area contributed by atoms with Crippen LogP contribution in [0.25, 0.3) is 6.08 Å². The minimum atomic E-state index is -0.255. The highest BCUT2D eigenvalue weighted by atomic mass is 16.5. The molecule has 0 bridgehead atoms. The van der Waals surface area contributed by atoms with E-state index in [0.717, 1.165) is 11.1 Å². The molecule has 2 rings (SSSR count). The Balaban J connectivity index is 1.93. The fourth-order valence-corrected chi connectivity index (χ4v) is 2.18. The van der Waals surface area contributed by atoms with Crippen molar-refractivity contribution in [3.63, 3.8) is 0 Å². The first-order chi connectivity index (χ1) is 12.1. The van der Waals surface area contributed by atoms with Crippen LogP contribution in [0, 0.1) is 0 Å². The van der Waals surface area contributed by atoms with Gasteiger partial charge in [0.15, 0.2) is 0 Å². The van der Waals surface area contributed by atoms with Gasteiger partial charge in [0.25, 0.3) is 5.91 Å². The molecule has 0 aliphatic carbocycles. The first-order valence-electron chi connectivity index (χ1n) is 8.03. The van der Waals surface area contributed by atoms with Gasteiger partial charge in [-0.2, -0.15) is 0 Å². The lowest BCUT2D eigenvalue weighted by Crippen LogP contribution is -2.24. The predicted octanol–water partition coefficient (Wildman–Crippen LogP) is 2.75. The van der Waals surface area contributed by atoms with Crippen molar-refractivity contribution in [1.82, 2.24) is 10.3 Å². The first-order valence-corrected chi connectivity index (χ1v) is 8.03. The molecular weight excluding hydrogens is 318 g/mol. The minimum Gasteiger partial charge on any atom is -0.501 e. The summed E-state index contributed by atoms with van der Waals surface area (Å²) in [6, 6.07) is 11.2. The summed E-state index contributed by atoms with van der Waals surface area (Å²) < 4.78 is 10.2. The molecule has 132 valence electrons. The zero-order chi connectivity index (χ0) is 18.1. The molecule has 0 aliphatic rings. The van der Waals surface area contributed by atoms with Crippen LogP contribution < -0.4 is 11.1 Å². The van der Waals surface area contributed by atoms with Crippen molar-refractivity contribution in [2.24, 2.45) is 0 Å². The molecule has 1 aromatic carbocycles. The van der Waals surface area contributed by atoms with Gasteiger partial charge in [0.1, 0.15) is 5.82 Å². The Hall–Kier alpha value is -2.86. The van der Waals surface area contributed by atoms with Gasteiger partial charge in [0.2, 0.25) is 0 Å². The highest BCUT2D eigenvalue weighted by molar-refractivity contribution is 5.98. The van der Waals surface area contributed by atoms with Crippen LogP contribution in [-0.2, 0) is 22.6 Å². The lowest BCUT2D eigenvalue weighted by molar-refractivity contribution is 0.0951. The summed E-state index contributed by atoms with van der Waals surface area (Å²) in [4.78, 5) is 16.4. The van der Waals surface area contributed by atoms with E-state index in [1.165, 1.54) is 0 Å². The lowest BCUT2D eigenvalue weighted by Gasteiger charge is -2.09. The van der Waals surface area contributed by atoms with Gasteiger partial charge < -0.3 is 20.5 Å². The molecule has 0 atom stereocenters. The molecule has 2 aromatic rings. The van der Waals surface area contributed by atoms with Crippen molar-refractivity contribution in [2.45, 2.75) is 20.1 Å². The smallest absolute Gasteiger partial charge is 0.255 e. The lowest BCUT2D eigenvalue weighted by atomic mass is 10.1. The van der Waals surface area contributed by atoms with Crippen LogP contribution in [0.2, 0.25) is 0 Å². The number of hydrogen-bond acceptors (Lipinski definition) is 5. The molecular formula is C19H23N3O3. The number of methoxy groups -OCH3 is 1. The number of amides is 1. The van der Waals surface area contributed by atoms with Crippen LogP contribution in [0.15, 0.2) is 42.7 Å². The number of hydrogen-bond donors (Lipinski definition) is 2. The molecule has 0 saturated heterocycles. The standard InChI is InChI=1S/C19H23N3O3/c1-3-25-11-10-14-4-6-15(7-5-14)12-21-19(23)17-9-8-16(13-24-2)22-18(17)20/h4-11H,3,12-13H2,1-2H3,(H2,20,22)(H,21,23)/b11-10-. The van der Waals surface area contributed by atoms with Gasteiger partial charge in [-0.3, -0.25) is 4.79 Å². The van der Waals surface area contributed by atoms with E-state index in [1.54, 1.807) is 25.5 Å². The molecule has 0 aliphatic heterocycles. The number of rotatable bonds is 8. The number of aromatic nitrogens is 1. The van der Waals surface area contributed by atoms with Crippen LogP contribution in [-0.4, -0.2) is 24.6 Å². The maximum atomic E-state index is 12.3. The molecule has 0 saturated carbocycles. The average molecular weight is 341 g/mol. The molecule has 1 aromatic heterocycles. The van der Waals surface area contributed by atoms with E-state index in [-0.39, 0.29) is 11.7 Å². The Morgan fingerprint density at radius 3 is 2.64 bits per heavy atom. The van der Waals surface area contributed by atoms with Crippen molar-refractivity contribution < 1.29 is 14.3 Å². The van der Waals surface area contributed by atoms with Crippen molar-refractivity contribution in [3.8, 4) is 0 Å². The Kier molecular flexibility index (Phi) is 6.98. The van der Waals surface area contributed by atoms with E-state index in [9.17, 15) is 4.79 Å². The maximum absolute atomic E-state index is 12.3. The van der Waals surface area contributed by atoms with Crippen LogP contribution >= 0.6 is 0 Å². The molecule has 6 heteroatoms. The molecule has 6 nitrogen and oxygen atoms in total. The second kappa shape index (κ2) is 9.44. The summed E-state index contributed by atoms with van der Waals surface area (Å²) in [5.41, 5.74) is 8.92. The Labute approximate surface area is 147 Å². The summed E-state index contributed by atoms with van der Waals surface area (Å²) in [6.45, 7) is 3.35. The zero-order valence-corrected chi connectivity index (χ0v) is 14.5. The van der Waals surface area contributed by atoms with Crippen LogP contribution in [0.3, 0.4) is 0 Å².